The first-order valence-corrected chi connectivity index (χ1v) is 4.84. The summed E-state index contributed by atoms with van der Waals surface area (Å²) in [5.41, 5.74) is 0. The zero-order chi connectivity index (χ0) is 9.40. The molecule has 0 aliphatic carbocycles. The third-order valence-electron chi connectivity index (χ3n) is 2.07. The van der Waals surface area contributed by atoms with Crippen molar-refractivity contribution in [3.63, 3.8) is 0 Å². The topological polar surface area (TPSA) is 17.1 Å². The van der Waals surface area contributed by atoms with E-state index in [-0.39, 0.29) is 11.7 Å². The summed E-state index contributed by atoms with van der Waals surface area (Å²) in [6.45, 7) is 5.82. The summed E-state index contributed by atoms with van der Waals surface area (Å²) in [7, 11) is 0. The Morgan fingerprint density at radius 3 is 2.58 bits per heavy atom. The van der Waals surface area contributed by atoms with E-state index in [1.54, 1.807) is 6.92 Å². The van der Waals surface area contributed by atoms with Gasteiger partial charge in [-0.05, 0) is 19.8 Å². The van der Waals surface area contributed by atoms with Crippen LogP contribution in [0, 0.1) is 5.92 Å². The highest BCUT2D eigenvalue weighted by atomic mass is 16.1. The Morgan fingerprint density at radius 1 is 1.42 bits per heavy atom. The van der Waals surface area contributed by atoms with Gasteiger partial charge in [0.05, 0.1) is 0 Å². The molecule has 0 fully saturated rings. The number of carbonyl (C=O) groups is 1. The molecule has 1 nitrogen and oxygen atoms in total. The molecule has 0 aromatic carbocycles. The molecule has 0 radical (unpaired) electrons. The van der Waals surface area contributed by atoms with Crippen molar-refractivity contribution in [3.8, 4) is 0 Å². The predicted octanol–water partition coefficient (Wildman–Crippen LogP) is 3.35. The van der Waals surface area contributed by atoms with Gasteiger partial charge in [0.15, 0.2) is 0 Å². The monoisotopic (exact) mass is 168 g/mol. The van der Waals surface area contributed by atoms with Gasteiger partial charge in [-0.15, -0.1) is 0 Å². The number of rotatable bonds is 6. The number of unbranched alkanes of at least 4 members (excludes halogenated alkanes) is 2. The van der Waals surface area contributed by atoms with Gasteiger partial charge in [-0.2, -0.15) is 0 Å². The molecule has 0 N–H and O–H groups in total. The Bertz CT molecular complexity index is 147. The lowest BCUT2D eigenvalue weighted by molar-refractivity contribution is -0.120. The Balaban J connectivity index is 3.40. The first-order chi connectivity index (χ1) is 5.68. The van der Waals surface area contributed by atoms with Crippen LogP contribution in [-0.2, 0) is 4.79 Å². The SMILES string of the molecule is CCCC/C=C/CC(C)C(C)=O. The lowest BCUT2D eigenvalue weighted by Crippen LogP contribution is -2.03. The number of Topliss-reactive ketones (excluding diaryl/α,β-unsaturated/α-hetero) is 1. The second-order valence-electron chi connectivity index (χ2n) is 3.36. The molecule has 0 aliphatic heterocycles. The maximum Gasteiger partial charge on any atom is 0.132 e. The average molecular weight is 168 g/mol. The highest BCUT2D eigenvalue weighted by molar-refractivity contribution is 5.77. The molecule has 0 spiro atoms. The van der Waals surface area contributed by atoms with Gasteiger partial charge >= 0.3 is 0 Å². The molecule has 0 heterocycles. The largest absolute Gasteiger partial charge is 0.300 e. The Hall–Kier alpha value is -0.590. The highest BCUT2D eigenvalue weighted by Crippen LogP contribution is 2.05. The van der Waals surface area contributed by atoms with Gasteiger partial charge in [0.2, 0.25) is 0 Å². The molecule has 1 unspecified atom stereocenters. The standard InChI is InChI=1S/C11H20O/c1-4-5-6-7-8-9-10(2)11(3)12/h7-8,10H,4-6,9H2,1-3H3/b8-7+. The van der Waals surface area contributed by atoms with Crippen LogP contribution >= 0.6 is 0 Å². The van der Waals surface area contributed by atoms with Crippen molar-refractivity contribution < 1.29 is 4.79 Å². The van der Waals surface area contributed by atoms with E-state index < -0.39 is 0 Å². The molecule has 0 aliphatic rings. The fraction of sp³-hybridized carbons (Fsp3) is 0.727. The molecule has 1 atom stereocenters. The maximum atomic E-state index is 10.8. The summed E-state index contributed by atoms with van der Waals surface area (Å²) in [6, 6.07) is 0. The molecule has 1 heteroatoms. The van der Waals surface area contributed by atoms with Crippen LogP contribution in [0.15, 0.2) is 12.2 Å². The predicted molar refractivity (Wildman–Crippen MR) is 53.1 cm³/mol. The fourth-order valence-electron chi connectivity index (χ4n) is 0.906. The number of hydrogen-bond donors (Lipinski definition) is 0. The van der Waals surface area contributed by atoms with E-state index in [1.807, 2.05) is 6.92 Å². The Labute approximate surface area is 75.9 Å². The molecule has 70 valence electrons. The lowest BCUT2D eigenvalue weighted by Gasteiger charge is -2.01. The van der Waals surface area contributed by atoms with E-state index in [0.29, 0.717) is 0 Å². The van der Waals surface area contributed by atoms with Crippen LogP contribution in [0.5, 0.6) is 0 Å². The first kappa shape index (κ1) is 11.4. The van der Waals surface area contributed by atoms with Gasteiger partial charge < -0.3 is 0 Å². The minimum absolute atomic E-state index is 0.197. The average Bonchev–Trinajstić information content (AvgIpc) is 2.03. The smallest absolute Gasteiger partial charge is 0.132 e. The van der Waals surface area contributed by atoms with E-state index in [4.69, 9.17) is 0 Å². The van der Waals surface area contributed by atoms with Crippen LogP contribution in [0.2, 0.25) is 0 Å². The van der Waals surface area contributed by atoms with Crippen LogP contribution in [0.3, 0.4) is 0 Å². The van der Waals surface area contributed by atoms with Gasteiger partial charge in [-0.25, -0.2) is 0 Å². The molecule has 0 rings (SSSR count). The second kappa shape index (κ2) is 7.08. The molecular formula is C11H20O. The van der Waals surface area contributed by atoms with E-state index in [0.717, 1.165) is 12.8 Å². The van der Waals surface area contributed by atoms with Gasteiger partial charge in [0.25, 0.3) is 0 Å². The van der Waals surface area contributed by atoms with Crippen LogP contribution in [0.1, 0.15) is 46.5 Å². The van der Waals surface area contributed by atoms with Crippen molar-refractivity contribution in [2.75, 3.05) is 0 Å². The van der Waals surface area contributed by atoms with Crippen LogP contribution in [0.4, 0.5) is 0 Å². The normalized spacial score (nSPS) is 13.6. The molecule has 0 aromatic heterocycles. The number of carbonyl (C=O) groups excluding carboxylic acids is 1. The highest BCUT2D eigenvalue weighted by Gasteiger charge is 2.03. The molecule has 0 bridgehead atoms. The zero-order valence-corrected chi connectivity index (χ0v) is 8.47. The van der Waals surface area contributed by atoms with E-state index in [2.05, 4.69) is 19.1 Å². The van der Waals surface area contributed by atoms with Crippen molar-refractivity contribution in [1.82, 2.24) is 0 Å². The third-order valence-corrected chi connectivity index (χ3v) is 2.07. The molecule has 12 heavy (non-hydrogen) atoms. The number of hydrogen-bond acceptors (Lipinski definition) is 1. The molecule has 0 saturated heterocycles. The third kappa shape index (κ3) is 6.14. The maximum absolute atomic E-state index is 10.8. The van der Waals surface area contributed by atoms with Gasteiger partial charge in [-0.1, -0.05) is 38.8 Å². The summed E-state index contributed by atoms with van der Waals surface area (Å²) >= 11 is 0. The number of ketones is 1. The fourth-order valence-corrected chi connectivity index (χ4v) is 0.906. The van der Waals surface area contributed by atoms with Crippen molar-refractivity contribution in [3.05, 3.63) is 12.2 Å². The zero-order valence-electron chi connectivity index (χ0n) is 8.47. The summed E-state index contributed by atoms with van der Waals surface area (Å²) < 4.78 is 0. The molecule has 0 aromatic rings. The van der Waals surface area contributed by atoms with E-state index in [9.17, 15) is 4.79 Å². The second-order valence-corrected chi connectivity index (χ2v) is 3.36. The quantitative estimate of drug-likeness (QED) is 0.439. The van der Waals surface area contributed by atoms with Crippen LogP contribution < -0.4 is 0 Å². The van der Waals surface area contributed by atoms with Crippen molar-refractivity contribution in [2.24, 2.45) is 5.92 Å². The Morgan fingerprint density at radius 2 is 2.08 bits per heavy atom. The summed E-state index contributed by atoms with van der Waals surface area (Å²) in [5, 5.41) is 0. The van der Waals surface area contributed by atoms with Crippen molar-refractivity contribution >= 4 is 5.78 Å². The van der Waals surface area contributed by atoms with Gasteiger partial charge in [0, 0.05) is 5.92 Å². The van der Waals surface area contributed by atoms with E-state index >= 15 is 0 Å². The molecule has 0 saturated carbocycles. The lowest BCUT2D eigenvalue weighted by atomic mass is 10.0. The van der Waals surface area contributed by atoms with Gasteiger partial charge in [-0.3, -0.25) is 4.79 Å². The summed E-state index contributed by atoms with van der Waals surface area (Å²) in [4.78, 5) is 10.8. The van der Waals surface area contributed by atoms with Crippen molar-refractivity contribution in [2.45, 2.75) is 46.5 Å². The molecular weight excluding hydrogens is 148 g/mol. The minimum Gasteiger partial charge on any atom is -0.300 e. The first-order valence-electron chi connectivity index (χ1n) is 4.84. The van der Waals surface area contributed by atoms with Gasteiger partial charge in [0.1, 0.15) is 5.78 Å². The summed E-state index contributed by atoms with van der Waals surface area (Å²) in [6.07, 6.45) is 8.86. The molecule has 0 amide bonds. The van der Waals surface area contributed by atoms with Crippen LogP contribution in [-0.4, -0.2) is 5.78 Å². The van der Waals surface area contributed by atoms with E-state index in [1.165, 1.54) is 12.8 Å². The number of allylic oxidation sites excluding steroid dienone is 2. The van der Waals surface area contributed by atoms with Crippen molar-refractivity contribution in [1.29, 1.82) is 0 Å². The summed E-state index contributed by atoms with van der Waals surface area (Å²) in [5.74, 6) is 0.484. The Kier molecular flexibility index (Phi) is 6.73. The van der Waals surface area contributed by atoms with Crippen LogP contribution in [0.25, 0.3) is 0 Å². The minimum atomic E-state index is 0.197.